The quantitative estimate of drug-likeness (QED) is 0.602. The molecule has 1 aromatic carbocycles. The number of nitrogens with one attached hydrogen (secondary N) is 1. The lowest BCUT2D eigenvalue weighted by atomic mass is 9.83. The van der Waals surface area contributed by atoms with Crippen molar-refractivity contribution in [2.75, 3.05) is 11.5 Å². The average Bonchev–Trinajstić information content (AvgIpc) is 2.74. The normalized spacial score (nSPS) is 21.0. The number of carbonyl (C=O) groups excluding carboxylic acids is 1. The second-order valence-electron chi connectivity index (χ2n) is 7.88. The Morgan fingerprint density at radius 1 is 1.07 bits per heavy atom. The Morgan fingerprint density at radius 2 is 1.79 bits per heavy atom. The van der Waals surface area contributed by atoms with Crippen molar-refractivity contribution in [2.24, 2.45) is 5.92 Å². The highest BCUT2D eigenvalue weighted by Gasteiger charge is 2.29. The van der Waals surface area contributed by atoms with Crippen molar-refractivity contribution in [3.63, 3.8) is 0 Å². The summed E-state index contributed by atoms with van der Waals surface area (Å²) in [5, 5.41) is 13.9. The molecular formula is C22H33NO3S2. The molecule has 0 unspecified atom stereocenters. The van der Waals surface area contributed by atoms with Gasteiger partial charge in [0.1, 0.15) is 6.61 Å². The van der Waals surface area contributed by atoms with E-state index >= 15 is 0 Å². The third-order valence-electron chi connectivity index (χ3n) is 5.62. The molecular weight excluding hydrogens is 390 g/mol. The molecule has 28 heavy (non-hydrogen) atoms. The van der Waals surface area contributed by atoms with Crippen molar-refractivity contribution >= 4 is 29.6 Å². The van der Waals surface area contributed by atoms with E-state index < -0.39 is 12.2 Å². The summed E-state index contributed by atoms with van der Waals surface area (Å²) in [7, 11) is 0. The van der Waals surface area contributed by atoms with E-state index in [9.17, 15) is 9.90 Å². The predicted molar refractivity (Wildman–Crippen MR) is 119 cm³/mol. The van der Waals surface area contributed by atoms with Gasteiger partial charge in [0, 0.05) is 0 Å². The zero-order valence-electron chi connectivity index (χ0n) is 16.6. The minimum Gasteiger partial charge on any atom is -0.445 e. The lowest BCUT2D eigenvalue weighted by molar-refractivity contribution is 0.0869. The maximum Gasteiger partial charge on any atom is 0.407 e. The number of amides is 1. The van der Waals surface area contributed by atoms with Crippen LogP contribution in [0.5, 0.6) is 0 Å². The Bertz CT molecular complexity index is 574. The molecule has 1 aliphatic carbocycles. The van der Waals surface area contributed by atoms with Crippen molar-refractivity contribution in [3.8, 4) is 0 Å². The molecule has 2 fully saturated rings. The van der Waals surface area contributed by atoms with E-state index in [1.165, 1.54) is 50.0 Å². The molecule has 1 aliphatic heterocycles. The van der Waals surface area contributed by atoms with Crippen molar-refractivity contribution in [3.05, 3.63) is 35.9 Å². The van der Waals surface area contributed by atoms with E-state index in [2.05, 4.69) is 5.32 Å². The van der Waals surface area contributed by atoms with Crippen molar-refractivity contribution in [1.29, 1.82) is 0 Å². The molecule has 0 bridgehead atoms. The Morgan fingerprint density at radius 3 is 2.50 bits per heavy atom. The number of benzene rings is 1. The molecule has 2 N–H and O–H groups in total. The second-order valence-corrected chi connectivity index (χ2v) is 10.8. The smallest absolute Gasteiger partial charge is 0.407 e. The Kier molecular flexibility index (Phi) is 9.35. The number of alkyl carbamates (subject to hydrolysis) is 1. The van der Waals surface area contributed by atoms with Gasteiger partial charge in [-0.15, -0.1) is 23.5 Å². The van der Waals surface area contributed by atoms with E-state index in [1.54, 1.807) is 0 Å². The number of aliphatic hydroxyl groups excluding tert-OH is 1. The number of rotatable bonds is 8. The maximum atomic E-state index is 12.4. The van der Waals surface area contributed by atoms with Gasteiger partial charge in [-0.1, -0.05) is 62.4 Å². The molecule has 156 valence electrons. The van der Waals surface area contributed by atoms with Crippen LogP contribution in [0.3, 0.4) is 0 Å². The number of thioether (sulfide) groups is 2. The monoisotopic (exact) mass is 423 g/mol. The van der Waals surface area contributed by atoms with Gasteiger partial charge in [-0.3, -0.25) is 0 Å². The maximum absolute atomic E-state index is 12.4. The molecule has 6 heteroatoms. The van der Waals surface area contributed by atoms with Crippen LogP contribution in [0, 0.1) is 5.92 Å². The number of carbonyl (C=O) groups is 1. The van der Waals surface area contributed by atoms with Crippen LogP contribution in [0.25, 0.3) is 0 Å². The van der Waals surface area contributed by atoms with E-state index in [-0.39, 0.29) is 12.6 Å². The minimum atomic E-state index is -0.519. The standard InChI is InChI=1S/C22H33NO3S2/c24-20(15-21-27-12-7-13-28-21)19(14-17-8-3-1-4-9-17)23-22(25)26-16-18-10-5-2-6-11-18/h2,5-6,10-11,17,19-21,24H,1,3-4,7-9,12-16H2,(H,23,25)/t19-,20-/m0/s1. The fraction of sp³-hybridized carbons (Fsp3) is 0.682. The van der Waals surface area contributed by atoms with E-state index in [0.29, 0.717) is 10.5 Å². The molecule has 3 rings (SSSR count). The molecule has 0 aromatic heterocycles. The molecule has 1 saturated heterocycles. The highest BCUT2D eigenvalue weighted by atomic mass is 32.2. The average molecular weight is 424 g/mol. The van der Waals surface area contributed by atoms with Gasteiger partial charge < -0.3 is 15.2 Å². The summed E-state index contributed by atoms with van der Waals surface area (Å²) in [5.41, 5.74) is 0.969. The topological polar surface area (TPSA) is 58.6 Å². The van der Waals surface area contributed by atoms with Crippen LogP contribution in [-0.2, 0) is 11.3 Å². The summed E-state index contributed by atoms with van der Waals surface area (Å²) in [6.07, 6.45) is 8.13. The van der Waals surface area contributed by atoms with Crippen molar-refractivity contribution in [1.82, 2.24) is 5.32 Å². The van der Waals surface area contributed by atoms with Gasteiger partial charge in [-0.2, -0.15) is 0 Å². The first kappa shape index (κ1) is 21.8. The summed E-state index contributed by atoms with van der Waals surface area (Å²) >= 11 is 3.88. The molecule has 1 amide bonds. The van der Waals surface area contributed by atoms with E-state index in [4.69, 9.17) is 4.74 Å². The van der Waals surface area contributed by atoms with Gasteiger partial charge in [0.05, 0.1) is 16.7 Å². The number of hydrogen-bond acceptors (Lipinski definition) is 5. The summed E-state index contributed by atoms with van der Waals surface area (Å²) in [4.78, 5) is 12.4. The minimum absolute atomic E-state index is 0.227. The molecule has 1 aromatic rings. The van der Waals surface area contributed by atoms with Crippen LogP contribution >= 0.6 is 23.5 Å². The van der Waals surface area contributed by atoms with E-state index in [0.717, 1.165) is 18.4 Å². The van der Waals surface area contributed by atoms with Gasteiger partial charge in [-0.05, 0) is 42.2 Å². The summed E-state index contributed by atoms with van der Waals surface area (Å²) in [6, 6.07) is 9.48. The molecule has 1 heterocycles. The fourth-order valence-electron chi connectivity index (χ4n) is 4.04. The SMILES string of the molecule is O=C(N[C@@H](CC1CCCCC1)[C@@H](O)CC1SCCCS1)OCc1ccccc1. The van der Waals surface area contributed by atoms with Crippen LogP contribution in [0.2, 0.25) is 0 Å². The number of hydrogen-bond donors (Lipinski definition) is 2. The largest absolute Gasteiger partial charge is 0.445 e. The zero-order chi connectivity index (χ0) is 19.6. The number of ether oxygens (including phenoxy) is 1. The van der Waals surface area contributed by atoms with Crippen LogP contribution in [0.15, 0.2) is 30.3 Å². The molecule has 0 radical (unpaired) electrons. The first-order chi connectivity index (χ1) is 13.7. The first-order valence-electron chi connectivity index (χ1n) is 10.6. The van der Waals surface area contributed by atoms with Gasteiger partial charge >= 0.3 is 6.09 Å². The third kappa shape index (κ3) is 7.53. The molecule has 1 saturated carbocycles. The Hall–Kier alpha value is -0.850. The predicted octanol–water partition coefficient (Wildman–Crippen LogP) is 5.20. The Balaban J connectivity index is 1.53. The summed E-state index contributed by atoms with van der Waals surface area (Å²) in [6.45, 7) is 0.257. The lowest BCUT2D eigenvalue weighted by Crippen LogP contribution is -2.45. The van der Waals surface area contributed by atoms with Crippen LogP contribution < -0.4 is 5.32 Å². The van der Waals surface area contributed by atoms with Crippen LogP contribution in [0.1, 0.15) is 56.9 Å². The summed E-state index contributed by atoms with van der Waals surface area (Å²) < 4.78 is 5.85. The fourth-order valence-corrected chi connectivity index (χ4v) is 7.00. The van der Waals surface area contributed by atoms with Crippen LogP contribution in [0.4, 0.5) is 4.79 Å². The van der Waals surface area contributed by atoms with Gasteiger partial charge in [0.25, 0.3) is 0 Å². The number of aliphatic hydroxyl groups is 1. The van der Waals surface area contributed by atoms with Gasteiger partial charge in [0.2, 0.25) is 0 Å². The molecule has 0 spiro atoms. The zero-order valence-corrected chi connectivity index (χ0v) is 18.2. The molecule has 2 aliphatic rings. The molecule has 2 atom stereocenters. The van der Waals surface area contributed by atoms with Gasteiger partial charge in [-0.25, -0.2) is 4.79 Å². The Labute approximate surface area is 177 Å². The molecule has 4 nitrogen and oxygen atoms in total. The van der Waals surface area contributed by atoms with E-state index in [1.807, 2.05) is 53.9 Å². The van der Waals surface area contributed by atoms with Crippen molar-refractivity contribution < 1.29 is 14.6 Å². The van der Waals surface area contributed by atoms with Gasteiger partial charge in [0.15, 0.2) is 0 Å². The van der Waals surface area contributed by atoms with Crippen molar-refractivity contribution in [2.45, 2.75) is 74.7 Å². The highest BCUT2D eigenvalue weighted by molar-refractivity contribution is 8.17. The highest BCUT2D eigenvalue weighted by Crippen LogP contribution is 2.35. The van der Waals surface area contributed by atoms with Crippen LogP contribution in [-0.4, -0.2) is 39.4 Å². The summed E-state index contributed by atoms with van der Waals surface area (Å²) in [5.74, 6) is 2.93. The second kappa shape index (κ2) is 12.0. The third-order valence-corrected chi connectivity index (χ3v) is 8.62. The lowest BCUT2D eigenvalue weighted by Gasteiger charge is -2.32. The first-order valence-corrected chi connectivity index (χ1v) is 12.7.